The fourth-order valence-corrected chi connectivity index (χ4v) is 1.72. The van der Waals surface area contributed by atoms with Crippen LogP contribution in [-0.2, 0) is 6.54 Å². The van der Waals surface area contributed by atoms with Crippen LogP contribution in [-0.4, -0.2) is 25.7 Å². The Hall–Kier alpha value is -1.06. The van der Waals surface area contributed by atoms with Gasteiger partial charge in [0.1, 0.15) is 5.75 Å². The van der Waals surface area contributed by atoms with Gasteiger partial charge < -0.3 is 15.4 Å². The first-order valence-corrected chi connectivity index (χ1v) is 6.19. The van der Waals surface area contributed by atoms with Crippen molar-refractivity contribution in [1.29, 1.82) is 0 Å². The zero-order valence-electron chi connectivity index (χ0n) is 11.3. The Balaban J connectivity index is 2.46. The van der Waals surface area contributed by atoms with Crippen LogP contribution in [0.1, 0.15) is 26.3 Å². The predicted octanol–water partition coefficient (Wildman–Crippen LogP) is 2.17. The molecule has 0 radical (unpaired) electrons. The van der Waals surface area contributed by atoms with Crippen molar-refractivity contribution in [2.45, 2.75) is 32.9 Å². The van der Waals surface area contributed by atoms with Crippen LogP contribution >= 0.6 is 0 Å². The number of hydrogen-bond acceptors (Lipinski definition) is 3. The van der Waals surface area contributed by atoms with Gasteiger partial charge in [-0.1, -0.05) is 12.1 Å². The van der Waals surface area contributed by atoms with Gasteiger partial charge in [-0.3, -0.25) is 0 Å². The maximum absolute atomic E-state index is 5.41. The second-order valence-corrected chi connectivity index (χ2v) is 4.84. The zero-order chi connectivity index (χ0) is 12.7. The van der Waals surface area contributed by atoms with E-state index in [4.69, 9.17) is 4.74 Å². The minimum absolute atomic E-state index is 0.105. The van der Waals surface area contributed by atoms with Gasteiger partial charge in [0.05, 0.1) is 6.61 Å². The van der Waals surface area contributed by atoms with E-state index in [9.17, 15) is 0 Å². The Kier molecular flexibility index (Phi) is 5.45. The van der Waals surface area contributed by atoms with Gasteiger partial charge >= 0.3 is 0 Å². The number of likely N-dealkylation sites (N-methyl/N-ethyl adjacent to an activating group) is 1. The maximum Gasteiger partial charge on any atom is 0.119 e. The molecule has 3 nitrogen and oxygen atoms in total. The van der Waals surface area contributed by atoms with E-state index < -0.39 is 0 Å². The van der Waals surface area contributed by atoms with Gasteiger partial charge in [0, 0.05) is 18.6 Å². The van der Waals surface area contributed by atoms with Gasteiger partial charge in [0.15, 0.2) is 0 Å². The zero-order valence-corrected chi connectivity index (χ0v) is 11.3. The third kappa shape index (κ3) is 5.20. The summed E-state index contributed by atoms with van der Waals surface area (Å²) in [6, 6.07) is 8.25. The molecule has 0 saturated heterocycles. The summed E-state index contributed by atoms with van der Waals surface area (Å²) in [5, 5.41) is 6.71. The molecule has 0 aromatic heterocycles. The molecule has 3 heteroatoms. The van der Waals surface area contributed by atoms with Crippen LogP contribution in [0.5, 0.6) is 5.75 Å². The third-order valence-corrected chi connectivity index (χ3v) is 2.62. The summed E-state index contributed by atoms with van der Waals surface area (Å²) in [6.45, 7) is 8.92. The van der Waals surface area contributed by atoms with Crippen LogP contribution in [0.25, 0.3) is 0 Å². The molecule has 0 aliphatic carbocycles. The Morgan fingerprint density at radius 2 is 1.82 bits per heavy atom. The number of rotatable bonds is 7. The van der Waals surface area contributed by atoms with E-state index in [1.807, 2.05) is 26.1 Å². The lowest BCUT2D eigenvalue weighted by Gasteiger charge is -2.26. The molecule has 0 aliphatic rings. The van der Waals surface area contributed by atoms with E-state index >= 15 is 0 Å². The molecule has 0 amide bonds. The molecule has 1 aromatic rings. The normalized spacial score (nSPS) is 11.5. The molecule has 1 rings (SSSR count). The Bertz CT molecular complexity index is 319. The Morgan fingerprint density at radius 3 is 2.35 bits per heavy atom. The molecular weight excluding hydrogens is 212 g/mol. The molecule has 0 unspecified atom stereocenters. The highest BCUT2D eigenvalue weighted by Crippen LogP contribution is 2.12. The number of benzene rings is 1. The van der Waals surface area contributed by atoms with Gasteiger partial charge in [-0.15, -0.1) is 0 Å². The van der Waals surface area contributed by atoms with E-state index in [0.717, 1.165) is 18.8 Å². The summed E-state index contributed by atoms with van der Waals surface area (Å²) in [4.78, 5) is 0. The second-order valence-electron chi connectivity index (χ2n) is 4.84. The average molecular weight is 236 g/mol. The summed E-state index contributed by atoms with van der Waals surface area (Å²) in [5.41, 5.74) is 1.38. The Labute approximate surface area is 105 Å². The van der Waals surface area contributed by atoms with Gasteiger partial charge in [-0.2, -0.15) is 0 Å². The monoisotopic (exact) mass is 236 g/mol. The fraction of sp³-hybridized carbons (Fsp3) is 0.571. The lowest BCUT2D eigenvalue weighted by atomic mass is 10.1. The topological polar surface area (TPSA) is 33.3 Å². The number of ether oxygens (including phenoxy) is 1. The van der Waals surface area contributed by atoms with Gasteiger partial charge in [-0.25, -0.2) is 0 Å². The van der Waals surface area contributed by atoms with Gasteiger partial charge in [0.25, 0.3) is 0 Å². The third-order valence-electron chi connectivity index (χ3n) is 2.62. The summed E-state index contributed by atoms with van der Waals surface area (Å²) in [6.07, 6.45) is 0. The van der Waals surface area contributed by atoms with E-state index in [1.54, 1.807) is 0 Å². The van der Waals surface area contributed by atoms with Crippen molar-refractivity contribution in [3.05, 3.63) is 29.8 Å². The SMILES string of the molecule is CCOc1ccc(CNC(C)(C)CNC)cc1. The molecule has 0 atom stereocenters. The quantitative estimate of drug-likeness (QED) is 0.761. The van der Waals surface area contributed by atoms with Crippen LogP contribution in [0.2, 0.25) is 0 Å². The number of hydrogen-bond donors (Lipinski definition) is 2. The van der Waals surface area contributed by atoms with E-state index in [0.29, 0.717) is 6.61 Å². The van der Waals surface area contributed by atoms with E-state index in [1.165, 1.54) is 5.56 Å². The highest BCUT2D eigenvalue weighted by atomic mass is 16.5. The molecule has 0 saturated carbocycles. The molecule has 0 bridgehead atoms. The summed E-state index contributed by atoms with van der Waals surface area (Å²) < 4.78 is 5.41. The van der Waals surface area contributed by atoms with Gasteiger partial charge in [0.2, 0.25) is 0 Å². The van der Waals surface area contributed by atoms with E-state index in [2.05, 4.69) is 36.6 Å². The first-order valence-electron chi connectivity index (χ1n) is 6.19. The minimum atomic E-state index is 0.105. The fourth-order valence-electron chi connectivity index (χ4n) is 1.72. The highest BCUT2D eigenvalue weighted by molar-refractivity contribution is 5.27. The van der Waals surface area contributed by atoms with Crippen molar-refractivity contribution in [3.63, 3.8) is 0 Å². The molecule has 0 aliphatic heterocycles. The minimum Gasteiger partial charge on any atom is -0.494 e. The predicted molar refractivity (Wildman–Crippen MR) is 72.5 cm³/mol. The molecule has 17 heavy (non-hydrogen) atoms. The largest absolute Gasteiger partial charge is 0.494 e. The van der Waals surface area contributed by atoms with Crippen molar-refractivity contribution in [2.75, 3.05) is 20.2 Å². The standard InChI is InChI=1S/C14H24N2O/c1-5-17-13-8-6-12(7-9-13)10-16-14(2,3)11-15-4/h6-9,15-16H,5,10-11H2,1-4H3. The summed E-state index contributed by atoms with van der Waals surface area (Å²) >= 11 is 0. The lowest BCUT2D eigenvalue weighted by molar-refractivity contribution is 0.340. The molecule has 2 N–H and O–H groups in total. The smallest absolute Gasteiger partial charge is 0.119 e. The van der Waals surface area contributed by atoms with Crippen LogP contribution in [0.15, 0.2) is 24.3 Å². The molecule has 0 heterocycles. The first-order chi connectivity index (χ1) is 8.07. The van der Waals surface area contributed by atoms with Crippen LogP contribution in [0.4, 0.5) is 0 Å². The van der Waals surface area contributed by atoms with Crippen molar-refractivity contribution >= 4 is 0 Å². The summed E-state index contributed by atoms with van der Waals surface area (Å²) in [5.74, 6) is 0.936. The lowest BCUT2D eigenvalue weighted by Crippen LogP contribution is -2.46. The van der Waals surface area contributed by atoms with Crippen LogP contribution in [0.3, 0.4) is 0 Å². The van der Waals surface area contributed by atoms with E-state index in [-0.39, 0.29) is 5.54 Å². The molecule has 96 valence electrons. The van der Waals surface area contributed by atoms with Crippen molar-refractivity contribution in [2.24, 2.45) is 0 Å². The molecule has 0 fully saturated rings. The molecule has 0 spiro atoms. The first kappa shape index (κ1) is 14.0. The van der Waals surface area contributed by atoms with Crippen molar-refractivity contribution in [3.8, 4) is 5.75 Å². The van der Waals surface area contributed by atoms with Crippen molar-refractivity contribution < 1.29 is 4.74 Å². The average Bonchev–Trinajstić information content (AvgIpc) is 2.29. The maximum atomic E-state index is 5.41. The molecular formula is C14H24N2O. The number of nitrogens with one attached hydrogen (secondary N) is 2. The summed E-state index contributed by atoms with van der Waals surface area (Å²) in [7, 11) is 1.97. The molecule has 1 aromatic carbocycles. The van der Waals surface area contributed by atoms with Crippen LogP contribution < -0.4 is 15.4 Å². The van der Waals surface area contributed by atoms with Crippen molar-refractivity contribution in [1.82, 2.24) is 10.6 Å². The Morgan fingerprint density at radius 1 is 1.18 bits per heavy atom. The van der Waals surface area contributed by atoms with Gasteiger partial charge in [-0.05, 0) is 45.5 Å². The highest BCUT2D eigenvalue weighted by Gasteiger charge is 2.14. The second kappa shape index (κ2) is 6.62. The van der Waals surface area contributed by atoms with Crippen LogP contribution in [0, 0.1) is 0 Å².